The minimum atomic E-state index is 0.00565. The highest BCUT2D eigenvalue weighted by molar-refractivity contribution is 5.98. The summed E-state index contributed by atoms with van der Waals surface area (Å²) in [6.07, 6.45) is 0.909. The molecule has 15 heavy (non-hydrogen) atoms. The molecule has 1 heterocycles. The van der Waals surface area contributed by atoms with Crippen LogP contribution in [0.15, 0.2) is 6.07 Å². The number of hydrogen-bond donors (Lipinski definition) is 2. The lowest BCUT2D eigenvalue weighted by Gasteiger charge is -2.12. The smallest absolute Gasteiger partial charge is 0.224 e. The summed E-state index contributed by atoms with van der Waals surface area (Å²) in [6.45, 7) is 6.42. The Morgan fingerprint density at radius 1 is 1.53 bits per heavy atom. The summed E-state index contributed by atoms with van der Waals surface area (Å²) in [7, 11) is 0. The van der Waals surface area contributed by atoms with Gasteiger partial charge in [-0.05, 0) is 31.9 Å². The van der Waals surface area contributed by atoms with Crippen LogP contribution in [0.2, 0.25) is 0 Å². The number of nitrogens with two attached hydrogens (primary N) is 1. The van der Waals surface area contributed by atoms with Crippen molar-refractivity contribution in [3.63, 3.8) is 0 Å². The molecule has 4 heteroatoms. The average Bonchev–Trinajstić information content (AvgIpc) is 2.12. The monoisotopic (exact) mass is 207 g/mol. The molecule has 0 amide bonds. The molecule has 1 rings (SSSR count). The molecule has 0 unspecified atom stereocenters. The number of nitrogen functional groups attached to an aromatic ring is 1. The minimum absolute atomic E-state index is 0.00565. The second-order valence-corrected chi connectivity index (χ2v) is 3.52. The van der Waals surface area contributed by atoms with Gasteiger partial charge in [-0.1, -0.05) is 6.92 Å². The fraction of sp³-hybridized carbons (Fsp3) is 0.455. The van der Waals surface area contributed by atoms with E-state index in [2.05, 4.69) is 4.98 Å². The van der Waals surface area contributed by atoms with Gasteiger partial charge in [-0.2, -0.15) is 0 Å². The van der Waals surface area contributed by atoms with Gasteiger partial charge in [0.05, 0.1) is 12.2 Å². The van der Waals surface area contributed by atoms with Crippen LogP contribution in [0, 0.1) is 19.3 Å². The molecule has 0 radical (unpaired) electrons. The molecule has 0 saturated carbocycles. The zero-order valence-electron chi connectivity index (χ0n) is 9.42. The number of nitrogens with one attached hydrogen (secondary N) is 1. The zero-order valence-corrected chi connectivity index (χ0v) is 9.42. The van der Waals surface area contributed by atoms with Crippen molar-refractivity contribution in [3.8, 4) is 5.88 Å². The zero-order chi connectivity index (χ0) is 11.4. The predicted octanol–water partition coefficient (Wildman–Crippen LogP) is 1.77. The van der Waals surface area contributed by atoms with E-state index >= 15 is 0 Å². The number of pyridine rings is 1. The van der Waals surface area contributed by atoms with Crippen molar-refractivity contribution in [3.05, 3.63) is 22.9 Å². The number of ether oxygens (including phenoxy) is 1. The van der Waals surface area contributed by atoms with Crippen LogP contribution in [0.25, 0.3) is 0 Å². The Morgan fingerprint density at radius 3 is 2.73 bits per heavy atom. The van der Waals surface area contributed by atoms with E-state index in [9.17, 15) is 0 Å². The third kappa shape index (κ3) is 2.68. The van der Waals surface area contributed by atoms with Crippen molar-refractivity contribution in [1.29, 1.82) is 5.41 Å². The number of amidine groups is 1. The first-order chi connectivity index (χ1) is 7.06. The predicted molar refractivity (Wildman–Crippen MR) is 60.5 cm³/mol. The van der Waals surface area contributed by atoms with E-state index < -0.39 is 0 Å². The molecule has 0 aromatic carbocycles. The van der Waals surface area contributed by atoms with E-state index in [1.165, 1.54) is 0 Å². The van der Waals surface area contributed by atoms with E-state index in [0.29, 0.717) is 18.1 Å². The topological polar surface area (TPSA) is 72.0 Å². The third-order valence-corrected chi connectivity index (χ3v) is 2.02. The molecule has 0 saturated heterocycles. The summed E-state index contributed by atoms with van der Waals surface area (Å²) in [4.78, 5) is 4.25. The van der Waals surface area contributed by atoms with Gasteiger partial charge in [-0.3, -0.25) is 5.41 Å². The summed E-state index contributed by atoms with van der Waals surface area (Å²) in [5, 5.41) is 7.48. The Kier molecular flexibility index (Phi) is 3.66. The van der Waals surface area contributed by atoms with E-state index in [0.717, 1.165) is 17.7 Å². The van der Waals surface area contributed by atoms with Gasteiger partial charge < -0.3 is 10.5 Å². The Morgan fingerprint density at radius 2 is 2.20 bits per heavy atom. The molecule has 0 aliphatic rings. The van der Waals surface area contributed by atoms with Crippen LogP contribution in [0.5, 0.6) is 5.88 Å². The first-order valence-electron chi connectivity index (χ1n) is 5.01. The Labute approximate surface area is 90.0 Å². The van der Waals surface area contributed by atoms with E-state index in [4.69, 9.17) is 15.9 Å². The summed E-state index contributed by atoms with van der Waals surface area (Å²) >= 11 is 0. The maximum atomic E-state index is 7.48. The Balaban J connectivity index is 3.14. The van der Waals surface area contributed by atoms with Crippen molar-refractivity contribution >= 4 is 5.84 Å². The highest BCUT2D eigenvalue weighted by atomic mass is 16.5. The van der Waals surface area contributed by atoms with Crippen molar-refractivity contribution < 1.29 is 4.74 Å². The largest absolute Gasteiger partial charge is 0.477 e. The quantitative estimate of drug-likeness (QED) is 0.583. The number of rotatable bonds is 4. The first-order valence-corrected chi connectivity index (χ1v) is 5.01. The van der Waals surface area contributed by atoms with Gasteiger partial charge in [0, 0.05) is 5.69 Å². The number of aromatic nitrogens is 1. The molecular formula is C11H17N3O. The van der Waals surface area contributed by atoms with Crippen LogP contribution in [0.4, 0.5) is 0 Å². The van der Waals surface area contributed by atoms with Gasteiger partial charge in [-0.15, -0.1) is 0 Å². The highest BCUT2D eigenvalue weighted by Gasteiger charge is 2.12. The molecular weight excluding hydrogens is 190 g/mol. The van der Waals surface area contributed by atoms with Gasteiger partial charge in [0.2, 0.25) is 5.88 Å². The molecule has 4 nitrogen and oxygen atoms in total. The Hall–Kier alpha value is -1.58. The molecule has 82 valence electrons. The summed E-state index contributed by atoms with van der Waals surface area (Å²) in [5.41, 5.74) is 7.92. The SMILES string of the molecule is CCCOc1nc(C)cc(C)c1C(=N)N. The van der Waals surface area contributed by atoms with Crippen LogP contribution in [0.1, 0.15) is 30.2 Å². The molecule has 0 bridgehead atoms. The second kappa shape index (κ2) is 4.77. The van der Waals surface area contributed by atoms with Crippen LogP contribution >= 0.6 is 0 Å². The fourth-order valence-corrected chi connectivity index (χ4v) is 1.43. The lowest BCUT2D eigenvalue weighted by Crippen LogP contribution is -2.16. The van der Waals surface area contributed by atoms with Crippen molar-refractivity contribution in [2.45, 2.75) is 27.2 Å². The van der Waals surface area contributed by atoms with Gasteiger partial charge >= 0.3 is 0 Å². The second-order valence-electron chi connectivity index (χ2n) is 3.52. The maximum absolute atomic E-state index is 7.48. The van der Waals surface area contributed by atoms with Crippen molar-refractivity contribution in [1.82, 2.24) is 4.98 Å². The van der Waals surface area contributed by atoms with Gasteiger partial charge in [0.25, 0.3) is 0 Å². The molecule has 0 aliphatic carbocycles. The van der Waals surface area contributed by atoms with Crippen LogP contribution < -0.4 is 10.5 Å². The van der Waals surface area contributed by atoms with Gasteiger partial charge in [-0.25, -0.2) is 4.98 Å². The van der Waals surface area contributed by atoms with Crippen molar-refractivity contribution in [2.24, 2.45) is 5.73 Å². The van der Waals surface area contributed by atoms with Gasteiger partial charge in [0.1, 0.15) is 5.84 Å². The fourth-order valence-electron chi connectivity index (χ4n) is 1.43. The summed E-state index contributed by atoms with van der Waals surface area (Å²) < 4.78 is 5.48. The van der Waals surface area contributed by atoms with E-state index in [1.54, 1.807) is 0 Å². The molecule has 0 fully saturated rings. The molecule has 0 aliphatic heterocycles. The average molecular weight is 207 g/mol. The molecule has 0 atom stereocenters. The molecule has 1 aromatic rings. The molecule has 3 N–H and O–H groups in total. The van der Waals surface area contributed by atoms with Crippen LogP contribution in [-0.2, 0) is 0 Å². The highest BCUT2D eigenvalue weighted by Crippen LogP contribution is 2.20. The molecule has 1 aromatic heterocycles. The maximum Gasteiger partial charge on any atom is 0.224 e. The Bertz CT molecular complexity index is 374. The van der Waals surface area contributed by atoms with E-state index in [-0.39, 0.29) is 5.84 Å². The normalized spacial score (nSPS) is 10.1. The number of aryl methyl sites for hydroxylation is 2. The lowest BCUT2D eigenvalue weighted by molar-refractivity contribution is 0.304. The van der Waals surface area contributed by atoms with Crippen LogP contribution in [-0.4, -0.2) is 17.4 Å². The standard InChI is InChI=1S/C11H17N3O/c1-4-5-15-11-9(10(12)13)7(2)6-8(3)14-11/h6H,4-5H2,1-3H3,(H3,12,13). The molecule has 0 spiro atoms. The van der Waals surface area contributed by atoms with Gasteiger partial charge in [0.15, 0.2) is 0 Å². The van der Waals surface area contributed by atoms with E-state index in [1.807, 2.05) is 26.8 Å². The number of nitrogens with zero attached hydrogens (tertiary/aromatic N) is 1. The number of hydrogen-bond acceptors (Lipinski definition) is 3. The van der Waals surface area contributed by atoms with Crippen molar-refractivity contribution in [2.75, 3.05) is 6.61 Å². The summed E-state index contributed by atoms with van der Waals surface area (Å²) in [6, 6.07) is 1.90. The summed E-state index contributed by atoms with van der Waals surface area (Å²) in [5.74, 6) is 0.480. The lowest BCUT2D eigenvalue weighted by atomic mass is 10.1. The minimum Gasteiger partial charge on any atom is -0.477 e. The third-order valence-electron chi connectivity index (χ3n) is 2.02. The van der Waals surface area contributed by atoms with Crippen LogP contribution in [0.3, 0.4) is 0 Å². The first kappa shape index (κ1) is 11.5.